The Morgan fingerprint density at radius 1 is 1.23 bits per heavy atom. The van der Waals surface area contributed by atoms with E-state index in [-0.39, 0.29) is 5.91 Å². The molecule has 0 unspecified atom stereocenters. The average Bonchev–Trinajstić information content (AvgIpc) is 3.17. The molecule has 4 heteroatoms. The summed E-state index contributed by atoms with van der Waals surface area (Å²) in [7, 11) is 1.64. The number of benzene rings is 2. The third-order valence-electron chi connectivity index (χ3n) is 4.25. The standard InChI is InChI=1S/C18H16N2O2/c1-22-13-6-7-14-15(11-19-16(14)10-13)18(21)20-9-8-12-4-2-3-5-17(12)20/h2-7,10-11,19H,8-9H2,1H3. The number of rotatable bonds is 2. The summed E-state index contributed by atoms with van der Waals surface area (Å²) in [5, 5.41) is 0.926. The fraction of sp³-hybridized carbons (Fsp3) is 0.167. The third kappa shape index (κ3) is 1.88. The van der Waals surface area contributed by atoms with Gasteiger partial charge in [0, 0.05) is 35.4 Å². The number of amides is 1. The number of anilines is 1. The van der Waals surface area contributed by atoms with E-state index >= 15 is 0 Å². The first-order chi connectivity index (χ1) is 10.8. The first-order valence-corrected chi connectivity index (χ1v) is 7.33. The summed E-state index contributed by atoms with van der Waals surface area (Å²) < 4.78 is 5.22. The van der Waals surface area contributed by atoms with Crippen molar-refractivity contribution in [1.82, 2.24) is 4.98 Å². The molecular formula is C18H16N2O2. The highest BCUT2D eigenvalue weighted by molar-refractivity contribution is 6.14. The van der Waals surface area contributed by atoms with Gasteiger partial charge in [-0.25, -0.2) is 0 Å². The van der Waals surface area contributed by atoms with E-state index in [4.69, 9.17) is 4.74 Å². The normalized spacial score (nSPS) is 13.4. The number of carbonyl (C=O) groups excluding carboxylic acids is 1. The number of methoxy groups -OCH3 is 1. The Balaban J connectivity index is 1.75. The number of hydrogen-bond donors (Lipinski definition) is 1. The summed E-state index contributed by atoms with van der Waals surface area (Å²) in [6.45, 7) is 0.737. The van der Waals surface area contributed by atoms with E-state index in [1.54, 1.807) is 13.3 Å². The van der Waals surface area contributed by atoms with Crippen LogP contribution >= 0.6 is 0 Å². The molecule has 0 radical (unpaired) electrons. The van der Waals surface area contributed by atoms with E-state index in [0.29, 0.717) is 5.56 Å². The van der Waals surface area contributed by atoms with Crippen LogP contribution in [0.4, 0.5) is 5.69 Å². The van der Waals surface area contributed by atoms with Crippen LogP contribution in [0.1, 0.15) is 15.9 Å². The smallest absolute Gasteiger partial charge is 0.260 e. The number of fused-ring (bicyclic) bond motifs is 2. The summed E-state index contributed by atoms with van der Waals surface area (Å²) in [5.41, 5.74) is 3.87. The van der Waals surface area contributed by atoms with Crippen LogP contribution in [0, 0.1) is 0 Å². The topological polar surface area (TPSA) is 45.3 Å². The molecule has 0 bridgehead atoms. The SMILES string of the molecule is COc1ccc2c(C(=O)N3CCc4ccccc43)c[nH]c2c1. The van der Waals surface area contributed by atoms with Gasteiger partial charge in [-0.15, -0.1) is 0 Å². The lowest BCUT2D eigenvalue weighted by Gasteiger charge is -2.16. The number of carbonyl (C=O) groups is 1. The molecule has 22 heavy (non-hydrogen) atoms. The van der Waals surface area contributed by atoms with Gasteiger partial charge in [-0.05, 0) is 30.2 Å². The van der Waals surface area contributed by atoms with Gasteiger partial charge < -0.3 is 14.6 Å². The molecule has 0 spiro atoms. The predicted octanol–water partition coefficient (Wildman–Crippen LogP) is 3.38. The highest BCUT2D eigenvalue weighted by atomic mass is 16.5. The minimum absolute atomic E-state index is 0.0429. The molecular weight excluding hydrogens is 276 g/mol. The largest absolute Gasteiger partial charge is 0.497 e. The molecule has 0 fully saturated rings. The summed E-state index contributed by atoms with van der Waals surface area (Å²) in [4.78, 5) is 17.9. The van der Waals surface area contributed by atoms with Gasteiger partial charge in [0.15, 0.2) is 0 Å². The first-order valence-electron chi connectivity index (χ1n) is 7.33. The number of ether oxygens (including phenoxy) is 1. The van der Waals surface area contributed by atoms with E-state index in [0.717, 1.165) is 35.3 Å². The minimum atomic E-state index is 0.0429. The second-order valence-corrected chi connectivity index (χ2v) is 5.45. The number of hydrogen-bond acceptors (Lipinski definition) is 2. The van der Waals surface area contributed by atoms with Crippen LogP contribution in [0.2, 0.25) is 0 Å². The van der Waals surface area contributed by atoms with Gasteiger partial charge >= 0.3 is 0 Å². The third-order valence-corrected chi connectivity index (χ3v) is 4.25. The highest BCUT2D eigenvalue weighted by Crippen LogP contribution is 2.31. The van der Waals surface area contributed by atoms with Gasteiger partial charge in [-0.3, -0.25) is 4.79 Å². The zero-order valence-corrected chi connectivity index (χ0v) is 12.3. The van der Waals surface area contributed by atoms with Crippen LogP contribution in [0.15, 0.2) is 48.7 Å². The van der Waals surface area contributed by atoms with Crippen LogP contribution in [0.25, 0.3) is 10.9 Å². The molecule has 2 aromatic carbocycles. The molecule has 3 aromatic rings. The van der Waals surface area contributed by atoms with Crippen molar-refractivity contribution in [2.24, 2.45) is 0 Å². The maximum atomic E-state index is 12.9. The molecule has 4 nitrogen and oxygen atoms in total. The summed E-state index contributed by atoms with van der Waals surface area (Å²) in [6.07, 6.45) is 2.70. The van der Waals surface area contributed by atoms with Crippen molar-refractivity contribution in [3.8, 4) is 5.75 Å². The Morgan fingerprint density at radius 2 is 2.09 bits per heavy atom. The van der Waals surface area contributed by atoms with E-state index in [1.165, 1.54) is 5.56 Å². The number of para-hydroxylation sites is 1. The van der Waals surface area contributed by atoms with Crippen molar-refractivity contribution in [1.29, 1.82) is 0 Å². The van der Waals surface area contributed by atoms with Gasteiger partial charge in [0.05, 0.1) is 12.7 Å². The Kier molecular flexibility index (Phi) is 2.89. The second-order valence-electron chi connectivity index (χ2n) is 5.45. The molecule has 1 aliphatic rings. The molecule has 2 heterocycles. The van der Waals surface area contributed by atoms with Crippen molar-refractivity contribution in [3.05, 3.63) is 59.8 Å². The van der Waals surface area contributed by atoms with Crippen molar-refractivity contribution in [2.75, 3.05) is 18.6 Å². The molecule has 0 atom stereocenters. The van der Waals surface area contributed by atoms with Crippen LogP contribution in [-0.4, -0.2) is 24.5 Å². The first kappa shape index (κ1) is 13.0. The van der Waals surface area contributed by atoms with Crippen LogP contribution in [0.5, 0.6) is 5.75 Å². The van der Waals surface area contributed by atoms with E-state index in [1.807, 2.05) is 41.3 Å². The van der Waals surface area contributed by atoms with Crippen LogP contribution in [-0.2, 0) is 6.42 Å². The number of aromatic amines is 1. The molecule has 0 aliphatic carbocycles. The lowest BCUT2D eigenvalue weighted by atomic mass is 10.1. The molecule has 1 amide bonds. The second kappa shape index (κ2) is 4.91. The maximum Gasteiger partial charge on any atom is 0.260 e. The predicted molar refractivity (Wildman–Crippen MR) is 86.7 cm³/mol. The fourth-order valence-electron chi connectivity index (χ4n) is 3.10. The van der Waals surface area contributed by atoms with E-state index < -0.39 is 0 Å². The zero-order chi connectivity index (χ0) is 15.1. The summed E-state index contributed by atoms with van der Waals surface area (Å²) in [6, 6.07) is 13.8. The number of nitrogens with one attached hydrogen (secondary N) is 1. The molecule has 110 valence electrons. The van der Waals surface area contributed by atoms with Crippen molar-refractivity contribution < 1.29 is 9.53 Å². The molecule has 1 N–H and O–H groups in total. The number of aromatic nitrogens is 1. The van der Waals surface area contributed by atoms with Crippen LogP contribution in [0.3, 0.4) is 0 Å². The molecule has 1 aliphatic heterocycles. The van der Waals surface area contributed by atoms with Crippen molar-refractivity contribution >= 4 is 22.5 Å². The Labute approximate surface area is 128 Å². The van der Waals surface area contributed by atoms with Crippen LogP contribution < -0.4 is 9.64 Å². The van der Waals surface area contributed by atoms with Gasteiger partial charge in [0.1, 0.15) is 5.75 Å². The van der Waals surface area contributed by atoms with Crippen molar-refractivity contribution in [2.45, 2.75) is 6.42 Å². The number of H-pyrrole nitrogens is 1. The van der Waals surface area contributed by atoms with Crippen molar-refractivity contribution in [3.63, 3.8) is 0 Å². The molecule has 1 aromatic heterocycles. The minimum Gasteiger partial charge on any atom is -0.497 e. The Bertz CT molecular complexity index is 866. The molecule has 0 saturated carbocycles. The Morgan fingerprint density at radius 3 is 2.95 bits per heavy atom. The highest BCUT2D eigenvalue weighted by Gasteiger charge is 2.26. The lowest BCUT2D eigenvalue weighted by Crippen LogP contribution is -2.28. The quantitative estimate of drug-likeness (QED) is 0.787. The van der Waals surface area contributed by atoms with E-state index in [9.17, 15) is 4.79 Å². The number of nitrogens with zero attached hydrogens (tertiary/aromatic N) is 1. The van der Waals surface area contributed by atoms with Gasteiger partial charge in [-0.2, -0.15) is 0 Å². The molecule has 4 rings (SSSR count). The average molecular weight is 292 g/mol. The molecule has 0 saturated heterocycles. The maximum absolute atomic E-state index is 12.9. The lowest BCUT2D eigenvalue weighted by molar-refractivity contribution is 0.0991. The van der Waals surface area contributed by atoms with Gasteiger partial charge in [0.25, 0.3) is 5.91 Å². The summed E-state index contributed by atoms with van der Waals surface area (Å²) in [5.74, 6) is 0.821. The van der Waals surface area contributed by atoms with Gasteiger partial charge in [-0.1, -0.05) is 18.2 Å². The zero-order valence-electron chi connectivity index (χ0n) is 12.3. The monoisotopic (exact) mass is 292 g/mol. The Hall–Kier alpha value is -2.75. The van der Waals surface area contributed by atoms with Gasteiger partial charge in [0.2, 0.25) is 0 Å². The van der Waals surface area contributed by atoms with E-state index in [2.05, 4.69) is 11.1 Å². The fourth-order valence-corrected chi connectivity index (χ4v) is 3.10. The summed E-state index contributed by atoms with van der Waals surface area (Å²) >= 11 is 0.